The molecule has 0 bridgehead atoms. The number of aliphatic carboxylic acids is 1. The Hall–Kier alpha value is -3.35. The standard InChI is InChI=1S/C21H22N2O5/c1-2-17-21(27)23(16-5-3-4-6-18(16)28-17)12-11-19(24)22-15-9-7-14(8-10-15)13-20(25)26/h3-10,17H,2,11-13H2,1H3,(H,22,24)(H,25,26). The van der Waals surface area contributed by atoms with Gasteiger partial charge in [0.15, 0.2) is 6.10 Å². The van der Waals surface area contributed by atoms with E-state index >= 15 is 0 Å². The van der Waals surface area contributed by atoms with Crippen molar-refractivity contribution >= 4 is 29.2 Å². The first-order valence-electron chi connectivity index (χ1n) is 9.15. The van der Waals surface area contributed by atoms with Gasteiger partial charge in [-0.3, -0.25) is 14.4 Å². The van der Waals surface area contributed by atoms with E-state index in [0.717, 1.165) is 0 Å². The number of benzene rings is 2. The van der Waals surface area contributed by atoms with Gasteiger partial charge in [0.25, 0.3) is 5.91 Å². The number of carboxylic acid groups (broad SMARTS) is 1. The lowest BCUT2D eigenvalue weighted by atomic mass is 10.1. The number of rotatable bonds is 7. The highest BCUT2D eigenvalue weighted by Gasteiger charge is 2.33. The van der Waals surface area contributed by atoms with E-state index in [0.29, 0.717) is 29.1 Å². The Bertz CT molecular complexity index is 879. The summed E-state index contributed by atoms with van der Waals surface area (Å²) in [4.78, 5) is 37.3. The number of hydrogen-bond acceptors (Lipinski definition) is 4. The van der Waals surface area contributed by atoms with E-state index < -0.39 is 12.1 Å². The van der Waals surface area contributed by atoms with Crippen LogP contribution in [0.15, 0.2) is 48.5 Å². The molecule has 0 radical (unpaired) electrons. The van der Waals surface area contributed by atoms with Gasteiger partial charge in [-0.25, -0.2) is 0 Å². The molecule has 2 N–H and O–H groups in total. The second-order valence-corrected chi connectivity index (χ2v) is 6.54. The second kappa shape index (κ2) is 8.56. The largest absolute Gasteiger partial charge is 0.481 e. The highest BCUT2D eigenvalue weighted by Crippen LogP contribution is 2.34. The molecule has 28 heavy (non-hydrogen) atoms. The molecule has 0 saturated heterocycles. The molecule has 0 aliphatic carbocycles. The average molecular weight is 382 g/mol. The molecule has 2 amide bonds. The lowest BCUT2D eigenvalue weighted by Gasteiger charge is -2.33. The van der Waals surface area contributed by atoms with Crippen molar-refractivity contribution in [1.82, 2.24) is 0 Å². The van der Waals surface area contributed by atoms with Crippen LogP contribution in [0.25, 0.3) is 0 Å². The Morgan fingerprint density at radius 1 is 1.14 bits per heavy atom. The molecule has 1 aliphatic rings. The quantitative estimate of drug-likeness (QED) is 0.768. The summed E-state index contributed by atoms with van der Waals surface area (Å²) in [5, 5.41) is 11.6. The second-order valence-electron chi connectivity index (χ2n) is 6.54. The third-order valence-electron chi connectivity index (χ3n) is 4.49. The summed E-state index contributed by atoms with van der Waals surface area (Å²) in [6.07, 6.45) is 0.0804. The van der Waals surface area contributed by atoms with Crippen LogP contribution in [0.3, 0.4) is 0 Å². The zero-order valence-corrected chi connectivity index (χ0v) is 15.6. The first-order valence-corrected chi connectivity index (χ1v) is 9.15. The molecule has 1 aliphatic heterocycles. The van der Waals surface area contributed by atoms with E-state index in [9.17, 15) is 14.4 Å². The molecule has 1 atom stereocenters. The van der Waals surface area contributed by atoms with Crippen molar-refractivity contribution in [3.05, 3.63) is 54.1 Å². The van der Waals surface area contributed by atoms with Crippen LogP contribution in [0.5, 0.6) is 5.75 Å². The summed E-state index contributed by atoms with van der Waals surface area (Å²) >= 11 is 0. The molecule has 2 aromatic carbocycles. The molecule has 7 heteroatoms. The highest BCUT2D eigenvalue weighted by molar-refractivity contribution is 6.01. The summed E-state index contributed by atoms with van der Waals surface area (Å²) in [6, 6.07) is 14.0. The van der Waals surface area contributed by atoms with E-state index in [4.69, 9.17) is 9.84 Å². The molecule has 2 aromatic rings. The number of carbonyl (C=O) groups is 3. The summed E-state index contributed by atoms with van der Waals surface area (Å²) in [6.45, 7) is 2.13. The maximum Gasteiger partial charge on any atom is 0.307 e. The van der Waals surface area contributed by atoms with Crippen LogP contribution >= 0.6 is 0 Å². The Morgan fingerprint density at radius 2 is 1.86 bits per heavy atom. The number of hydrogen-bond donors (Lipinski definition) is 2. The van der Waals surface area contributed by atoms with Gasteiger partial charge < -0.3 is 20.1 Å². The van der Waals surface area contributed by atoms with Crippen molar-refractivity contribution in [1.29, 1.82) is 0 Å². The van der Waals surface area contributed by atoms with Crippen LogP contribution in [0, 0.1) is 0 Å². The SMILES string of the molecule is CCC1Oc2ccccc2N(CCC(=O)Nc2ccc(CC(=O)O)cc2)C1=O. The van der Waals surface area contributed by atoms with Crippen LogP contribution in [0.4, 0.5) is 11.4 Å². The van der Waals surface area contributed by atoms with E-state index in [1.54, 1.807) is 35.2 Å². The molecular formula is C21H22N2O5. The maximum absolute atomic E-state index is 12.6. The van der Waals surface area contributed by atoms with Gasteiger partial charge in [-0.05, 0) is 36.2 Å². The van der Waals surface area contributed by atoms with Gasteiger partial charge in [-0.2, -0.15) is 0 Å². The summed E-state index contributed by atoms with van der Waals surface area (Å²) in [5.41, 5.74) is 1.91. The third kappa shape index (κ3) is 4.49. The van der Waals surface area contributed by atoms with Crippen molar-refractivity contribution in [2.45, 2.75) is 32.3 Å². The topological polar surface area (TPSA) is 95.9 Å². The van der Waals surface area contributed by atoms with Crippen LogP contribution in [0.2, 0.25) is 0 Å². The highest BCUT2D eigenvalue weighted by atomic mass is 16.5. The number of ether oxygens (including phenoxy) is 1. The number of carboxylic acids is 1. The smallest absolute Gasteiger partial charge is 0.307 e. The molecule has 3 rings (SSSR count). The van der Waals surface area contributed by atoms with Crippen LogP contribution in [0.1, 0.15) is 25.3 Å². The number of amides is 2. The Balaban J connectivity index is 1.62. The predicted octanol–water partition coefficient (Wildman–Crippen LogP) is 2.85. The fraction of sp³-hybridized carbons (Fsp3) is 0.286. The van der Waals surface area contributed by atoms with E-state index in [1.807, 2.05) is 25.1 Å². The van der Waals surface area contributed by atoms with Crippen molar-refractivity contribution < 1.29 is 24.2 Å². The Labute approximate surface area is 162 Å². The normalized spacial score (nSPS) is 15.5. The molecule has 1 unspecified atom stereocenters. The first kappa shape index (κ1) is 19.4. The fourth-order valence-electron chi connectivity index (χ4n) is 3.08. The monoisotopic (exact) mass is 382 g/mol. The molecule has 1 heterocycles. The van der Waals surface area contributed by atoms with Gasteiger partial charge in [0.1, 0.15) is 5.75 Å². The van der Waals surface area contributed by atoms with Gasteiger partial charge in [-0.1, -0.05) is 31.2 Å². The number of nitrogens with one attached hydrogen (secondary N) is 1. The first-order chi connectivity index (χ1) is 13.5. The zero-order chi connectivity index (χ0) is 20.1. The van der Waals surface area contributed by atoms with Gasteiger partial charge in [0, 0.05) is 18.7 Å². The molecular weight excluding hydrogens is 360 g/mol. The fourth-order valence-corrected chi connectivity index (χ4v) is 3.08. The lowest BCUT2D eigenvalue weighted by molar-refractivity contribution is -0.136. The summed E-state index contributed by atoms with van der Waals surface area (Å²) < 4.78 is 5.73. The van der Waals surface area contributed by atoms with Gasteiger partial charge in [0.05, 0.1) is 12.1 Å². The number of nitrogens with zero attached hydrogens (tertiary/aromatic N) is 1. The van der Waals surface area contributed by atoms with Gasteiger partial charge in [0.2, 0.25) is 5.91 Å². The van der Waals surface area contributed by atoms with E-state index in [2.05, 4.69) is 5.32 Å². The summed E-state index contributed by atoms with van der Waals surface area (Å²) in [7, 11) is 0. The minimum Gasteiger partial charge on any atom is -0.481 e. The molecule has 146 valence electrons. The number of para-hydroxylation sites is 2. The average Bonchev–Trinajstić information content (AvgIpc) is 2.68. The van der Waals surface area contributed by atoms with Crippen LogP contribution in [-0.2, 0) is 20.8 Å². The number of anilines is 2. The molecule has 0 spiro atoms. The number of fused-ring (bicyclic) bond motifs is 1. The molecule has 7 nitrogen and oxygen atoms in total. The van der Waals surface area contributed by atoms with Crippen LogP contribution < -0.4 is 15.0 Å². The minimum atomic E-state index is -0.905. The molecule has 0 fully saturated rings. The molecule has 0 aromatic heterocycles. The molecule has 0 saturated carbocycles. The third-order valence-corrected chi connectivity index (χ3v) is 4.49. The predicted molar refractivity (Wildman–Crippen MR) is 105 cm³/mol. The van der Waals surface area contributed by atoms with Crippen molar-refractivity contribution in [3.8, 4) is 5.75 Å². The van der Waals surface area contributed by atoms with Crippen molar-refractivity contribution in [2.24, 2.45) is 0 Å². The zero-order valence-electron chi connectivity index (χ0n) is 15.6. The Morgan fingerprint density at radius 3 is 2.54 bits per heavy atom. The van der Waals surface area contributed by atoms with Gasteiger partial charge in [-0.15, -0.1) is 0 Å². The van der Waals surface area contributed by atoms with E-state index in [1.165, 1.54) is 0 Å². The number of carbonyl (C=O) groups excluding carboxylic acids is 2. The summed E-state index contributed by atoms with van der Waals surface area (Å²) in [5.74, 6) is -0.635. The lowest BCUT2D eigenvalue weighted by Crippen LogP contribution is -2.46. The Kier molecular flexibility index (Phi) is 5.93. The van der Waals surface area contributed by atoms with Crippen LogP contribution in [-0.4, -0.2) is 35.5 Å². The van der Waals surface area contributed by atoms with E-state index in [-0.39, 0.29) is 31.2 Å². The van der Waals surface area contributed by atoms with Gasteiger partial charge >= 0.3 is 5.97 Å². The van der Waals surface area contributed by atoms with Crippen molar-refractivity contribution in [3.63, 3.8) is 0 Å². The van der Waals surface area contributed by atoms with Crippen molar-refractivity contribution in [2.75, 3.05) is 16.8 Å². The minimum absolute atomic E-state index is 0.0641. The maximum atomic E-state index is 12.6.